The lowest BCUT2D eigenvalue weighted by Gasteiger charge is -2.25. The lowest BCUT2D eigenvalue weighted by molar-refractivity contribution is 1.63. The highest BCUT2D eigenvalue weighted by atomic mass is 14.3. The van der Waals surface area contributed by atoms with Crippen LogP contribution in [0.3, 0.4) is 0 Å². The summed E-state index contributed by atoms with van der Waals surface area (Å²) < 4.78 is 0. The summed E-state index contributed by atoms with van der Waals surface area (Å²) >= 11 is 0. The molecule has 0 heterocycles. The molecule has 0 atom stereocenters. The van der Waals surface area contributed by atoms with Gasteiger partial charge in [-0.3, -0.25) is 0 Å². The van der Waals surface area contributed by atoms with Gasteiger partial charge in [0, 0.05) is 0 Å². The molecule has 0 N–H and O–H groups in total. The van der Waals surface area contributed by atoms with Crippen molar-refractivity contribution < 1.29 is 0 Å². The molecule has 232 valence electrons. The maximum atomic E-state index is 2.46. The molecule has 0 aromatic heterocycles. The Balaban J connectivity index is 1.57. The van der Waals surface area contributed by atoms with Crippen LogP contribution in [0.15, 0.2) is 194 Å². The summed E-state index contributed by atoms with van der Waals surface area (Å²) in [6, 6.07) is 71.4. The van der Waals surface area contributed by atoms with Gasteiger partial charge in [0.1, 0.15) is 0 Å². The Morgan fingerprint density at radius 3 is 0.820 bits per heavy atom. The lowest BCUT2D eigenvalue weighted by Crippen LogP contribution is -1.98. The van der Waals surface area contributed by atoms with Crippen molar-refractivity contribution in [3.05, 3.63) is 194 Å². The Morgan fingerprint density at radius 1 is 0.200 bits per heavy atom. The molecule has 0 fully saturated rings. The van der Waals surface area contributed by atoms with Crippen LogP contribution < -0.4 is 0 Å². The van der Waals surface area contributed by atoms with E-state index in [1.807, 2.05) is 0 Å². The van der Waals surface area contributed by atoms with E-state index in [-0.39, 0.29) is 0 Å². The summed E-state index contributed by atoms with van der Waals surface area (Å²) in [5, 5.41) is 12.6. The third-order valence-electron chi connectivity index (χ3n) is 10.3. The molecule has 0 aliphatic carbocycles. The predicted molar refractivity (Wildman–Crippen MR) is 216 cm³/mol. The molecular weight excluding hydrogens is 601 g/mol. The summed E-state index contributed by atoms with van der Waals surface area (Å²) in [7, 11) is 0. The first-order valence-corrected chi connectivity index (χ1v) is 17.4. The monoisotopic (exact) mass is 632 g/mol. The maximum absolute atomic E-state index is 2.46. The van der Waals surface area contributed by atoms with Crippen LogP contribution in [0.2, 0.25) is 0 Å². The smallest absolute Gasteiger partial charge is 0.000139 e. The van der Waals surface area contributed by atoms with E-state index in [4.69, 9.17) is 0 Å². The highest BCUT2D eigenvalue weighted by Gasteiger charge is 2.26. The van der Waals surface area contributed by atoms with E-state index in [0.29, 0.717) is 0 Å². The third-order valence-corrected chi connectivity index (χ3v) is 10.3. The first-order valence-electron chi connectivity index (χ1n) is 17.4. The molecule has 0 aliphatic rings. The van der Waals surface area contributed by atoms with E-state index in [1.54, 1.807) is 0 Å². The number of benzene rings is 10. The van der Waals surface area contributed by atoms with Crippen molar-refractivity contribution >= 4 is 53.9 Å². The minimum atomic E-state index is 1.22. The van der Waals surface area contributed by atoms with Crippen LogP contribution >= 0.6 is 0 Å². The molecular formula is C50H32. The molecule has 0 saturated heterocycles. The van der Waals surface area contributed by atoms with Gasteiger partial charge in [-0.1, -0.05) is 170 Å². The highest BCUT2D eigenvalue weighted by Crippen LogP contribution is 2.54. The summed E-state index contributed by atoms with van der Waals surface area (Å²) in [5.41, 5.74) is 9.95. The van der Waals surface area contributed by atoms with E-state index in [9.17, 15) is 0 Å². The number of fused-ring (bicyclic) bond motifs is 5. The van der Waals surface area contributed by atoms with Crippen molar-refractivity contribution in [1.29, 1.82) is 0 Å². The molecule has 10 aromatic rings. The van der Waals surface area contributed by atoms with Crippen LogP contribution in [-0.4, -0.2) is 0 Å². The molecule has 0 amide bonds. The number of hydrogen-bond donors (Lipinski definition) is 0. The SMILES string of the molecule is c1ccc(-c2c3ccccc3c(-c3ccccc3)c3c(-c4ccccc4)c4cc5cc6ccccc6cc5cc4c(-c4ccccc4)c23)cc1. The first-order chi connectivity index (χ1) is 24.8. The zero-order valence-corrected chi connectivity index (χ0v) is 27.5. The van der Waals surface area contributed by atoms with E-state index < -0.39 is 0 Å². The number of hydrogen-bond acceptors (Lipinski definition) is 0. The molecule has 0 heteroatoms. The standard InChI is InChI=1S/C50H32/c1-5-17-33(18-6-1)45-41-27-15-16-28-42(41)46(34-19-7-2-8-20-34)50-48(36-23-11-4-12-24-36)44-32-40-30-38-26-14-13-25-37(38)29-39(40)31-43(44)47(49(45)50)35-21-9-3-10-22-35/h1-32H. The summed E-state index contributed by atoms with van der Waals surface area (Å²) in [6.45, 7) is 0. The van der Waals surface area contributed by atoms with Gasteiger partial charge in [0.2, 0.25) is 0 Å². The zero-order valence-electron chi connectivity index (χ0n) is 27.5. The molecule has 0 nitrogen and oxygen atoms in total. The van der Waals surface area contributed by atoms with Gasteiger partial charge in [0.25, 0.3) is 0 Å². The van der Waals surface area contributed by atoms with Gasteiger partial charge in [-0.2, -0.15) is 0 Å². The molecule has 0 spiro atoms. The van der Waals surface area contributed by atoms with E-state index >= 15 is 0 Å². The van der Waals surface area contributed by atoms with Crippen molar-refractivity contribution in [3.63, 3.8) is 0 Å². The second-order valence-electron chi connectivity index (χ2n) is 13.2. The molecule has 50 heavy (non-hydrogen) atoms. The van der Waals surface area contributed by atoms with E-state index in [0.717, 1.165) is 0 Å². The van der Waals surface area contributed by atoms with Gasteiger partial charge >= 0.3 is 0 Å². The van der Waals surface area contributed by atoms with Gasteiger partial charge in [0.05, 0.1) is 0 Å². The number of rotatable bonds is 4. The fraction of sp³-hybridized carbons (Fsp3) is 0. The van der Waals surface area contributed by atoms with Crippen molar-refractivity contribution in [2.45, 2.75) is 0 Å². The average molecular weight is 633 g/mol. The summed E-state index contributed by atoms with van der Waals surface area (Å²) in [5.74, 6) is 0. The predicted octanol–water partition coefficient (Wildman–Crippen LogP) is 14.1. The maximum Gasteiger partial charge on any atom is -0.000139 e. The molecule has 0 aliphatic heterocycles. The van der Waals surface area contributed by atoms with E-state index in [2.05, 4.69) is 194 Å². The van der Waals surface area contributed by atoms with Gasteiger partial charge in [-0.05, 0) is 123 Å². The first kappa shape index (κ1) is 28.5. The van der Waals surface area contributed by atoms with Gasteiger partial charge in [0.15, 0.2) is 0 Å². The lowest BCUT2D eigenvalue weighted by atomic mass is 9.77. The Morgan fingerprint density at radius 2 is 0.480 bits per heavy atom. The Bertz CT molecular complexity index is 2670. The van der Waals surface area contributed by atoms with Crippen LogP contribution in [0.1, 0.15) is 0 Å². The molecule has 0 unspecified atom stereocenters. The van der Waals surface area contributed by atoms with Crippen LogP contribution in [0.5, 0.6) is 0 Å². The van der Waals surface area contributed by atoms with Crippen LogP contribution in [0, 0.1) is 0 Å². The van der Waals surface area contributed by atoms with E-state index in [1.165, 1.54) is 98.4 Å². The topological polar surface area (TPSA) is 0 Å². The second kappa shape index (κ2) is 11.6. The van der Waals surface area contributed by atoms with Crippen LogP contribution in [0.25, 0.3) is 98.4 Å². The molecule has 0 saturated carbocycles. The van der Waals surface area contributed by atoms with Crippen LogP contribution in [0.4, 0.5) is 0 Å². The van der Waals surface area contributed by atoms with Crippen LogP contribution in [-0.2, 0) is 0 Å². The summed E-state index contributed by atoms with van der Waals surface area (Å²) in [4.78, 5) is 0. The minimum Gasteiger partial charge on any atom is -0.0622 e. The van der Waals surface area contributed by atoms with Crippen molar-refractivity contribution in [2.75, 3.05) is 0 Å². The summed E-state index contributed by atoms with van der Waals surface area (Å²) in [6.07, 6.45) is 0. The Hall–Kier alpha value is -6.50. The fourth-order valence-corrected chi connectivity index (χ4v) is 8.23. The molecule has 10 rings (SSSR count). The molecule has 10 aromatic carbocycles. The van der Waals surface area contributed by atoms with Gasteiger partial charge in [-0.15, -0.1) is 0 Å². The van der Waals surface area contributed by atoms with Crippen molar-refractivity contribution in [2.24, 2.45) is 0 Å². The largest absolute Gasteiger partial charge is 0.0622 e. The normalized spacial score (nSPS) is 11.6. The zero-order chi connectivity index (χ0) is 33.0. The Labute approximate surface area is 291 Å². The minimum absolute atomic E-state index is 1.22. The highest BCUT2D eigenvalue weighted by molar-refractivity contribution is 6.34. The molecule has 0 bridgehead atoms. The van der Waals surface area contributed by atoms with Crippen molar-refractivity contribution in [1.82, 2.24) is 0 Å². The van der Waals surface area contributed by atoms with Gasteiger partial charge in [-0.25, -0.2) is 0 Å². The second-order valence-corrected chi connectivity index (χ2v) is 13.2. The average Bonchev–Trinajstić information content (AvgIpc) is 3.19. The third kappa shape index (κ3) is 4.46. The fourth-order valence-electron chi connectivity index (χ4n) is 8.23. The quantitative estimate of drug-likeness (QED) is 0.169. The van der Waals surface area contributed by atoms with Crippen molar-refractivity contribution in [3.8, 4) is 44.5 Å². The Kier molecular flexibility index (Phi) is 6.60. The van der Waals surface area contributed by atoms with Gasteiger partial charge < -0.3 is 0 Å². The molecule has 0 radical (unpaired) electrons.